The number of ether oxygens (including phenoxy) is 2. The molecule has 0 saturated carbocycles. The van der Waals surface area contributed by atoms with Crippen molar-refractivity contribution in [3.8, 4) is 5.75 Å². The highest BCUT2D eigenvalue weighted by atomic mass is 35.5. The zero-order chi connectivity index (χ0) is 13.7. The van der Waals surface area contributed by atoms with Crippen LogP contribution in [-0.2, 0) is 9.53 Å². The van der Waals surface area contributed by atoms with Gasteiger partial charge in [0.15, 0.2) is 0 Å². The summed E-state index contributed by atoms with van der Waals surface area (Å²) in [5.74, 6) is -0.361. The number of rotatable bonds is 4. The molecule has 1 saturated heterocycles. The maximum absolute atomic E-state index is 10.4. The van der Waals surface area contributed by atoms with Crippen LogP contribution in [0.4, 0.5) is 0 Å². The van der Waals surface area contributed by atoms with Crippen LogP contribution < -0.4 is 4.74 Å². The molecule has 1 aliphatic rings. The van der Waals surface area contributed by atoms with Crippen LogP contribution in [0.2, 0.25) is 5.02 Å². The highest BCUT2D eigenvalue weighted by Crippen LogP contribution is 2.28. The van der Waals surface area contributed by atoms with Crippen molar-refractivity contribution in [2.75, 3.05) is 13.2 Å². The van der Waals surface area contributed by atoms with Gasteiger partial charge in [-0.1, -0.05) is 17.7 Å². The molecule has 19 heavy (non-hydrogen) atoms. The number of aliphatic carboxylic acids is 1. The van der Waals surface area contributed by atoms with Crippen molar-refractivity contribution in [2.45, 2.75) is 18.9 Å². The van der Waals surface area contributed by atoms with Crippen LogP contribution in [0.15, 0.2) is 24.3 Å². The van der Waals surface area contributed by atoms with Gasteiger partial charge in [-0.25, -0.2) is 4.79 Å². The molecular weight excluding hydrogens is 268 g/mol. The molecule has 2 rings (SSSR count). The van der Waals surface area contributed by atoms with Gasteiger partial charge >= 0.3 is 5.97 Å². The Labute approximate surface area is 116 Å². The number of benzene rings is 1. The molecule has 5 heteroatoms. The molecule has 0 bridgehead atoms. The predicted octanol–water partition coefficient (Wildman–Crippen LogP) is 3.00. The molecule has 1 fully saturated rings. The van der Waals surface area contributed by atoms with Crippen molar-refractivity contribution in [1.29, 1.82) is 0 Å². The first kappa shape index (κ1) is 13.9. The molecule has 1 aromatic carbocycles. The number of carboxylic acids is 1. The first-order valence-corrected chi connectivity index (χ1v) is 6.48. The Morgan fingerprint density at radius 1 is 1.42 bits per heavy atom. The summed E-state index contributed by atoms with van der Waals surface area (Å²) in [5.41, 5.74) is 0.728. The van der Waals surface area contributed by atoms with Gasteiger partial charge in [0.05, 0.1) is 18.2 Å². The Morgan fingerprint density at radius 3 is 2.79 bits per heavy atom. The van der Waals surface area contributed by atoms with E-state index < -0.39 is 5.97 Å². The summed E-state index contributed by atoms with van der Waals surface area (Å²) < 4.78 is 11.1. The normalized spacial score (nSPS) is 16.7. The smallest absolute Gasteiger partial charge is 0.328 e. The SMILES string of the molecule is O=C(O)/C=C/c1ccc(OC2CCOCC2)c(Cl)c1. The van der Waals surface area contributed by atoms with Gasteiger partial charge in [0.25, 0.3) is 0 Å². The molecule has 0 amide bonds. The fourth-order valence-corrected chi connectivity index (χ4v) is 2.09. The van der Waals surface area contributed by atoms with Crippen molar-refractivity contribution < 1.29 is 19.4 Å². The van der Waals surface area contributed by atoms with Crippen molar-refractivity contribution in [1.82, 2.24) is 0 Å². The van der Waals surface area contributed by atoms with Crippen LogP contribution in [0.5, 0.6) is 5.75 Å². The molecule has 0 unspecified atom stereocenters. The van der Waals surface area contributed by atoms with E-state index in [1.54, 1.807) is 18.2 Å². The molecule has 4 nitrogen and oxygen atoms in total. The van der Waals surface area contributed by atoms with Crippen LogP contribution in [-0.4, -0.2) is 30.4 Å². The lowest BCUT2D eigenvalue weighted by molar-refractivity contribution is -0.131. The highest BCUT2D eigenvalue weighted by molar-refractivity contribution is 6.32. The van der Waals surface area contributed by atoms with Crippen LogP contribution in [0.1, 0.15) is 18.4 Å². The van der Waals surface area contributed by atoms with Crippen molar-refractivity contribution in [3.63, 3.8) is 0 Å². The second-order valence-electron chi connectivity index (χ2n) is 4.29. The lowest BCUT2D eigenvalue weighted by Gasteiger charge is -2.23. The molecule has 0 spiro atoms. The predicted molar refractivity (Wildman–Crippen MR) is 72.6 cm³/mol. The third-order valence-electron chi connectivity index (χ3n) is 2.84. The summed E-state index contributed by atoms with van der Waals surface area (Å²) in [4.78, 5) is 10.4. The Bertz CT molecular complexity index is 478. The maximum atomic E-state index is 10.4. The van der Waals surface area contributed by atoms with E-state index in [9.17, 15) is 4.79 Å². The quantitative estimate of drug-likeness (QED) is 0.863. The Kier molecular flexibility index (Phi) is 4.82. The molecule has 1 heterocycles. The van der Waals surface area contributed by atoms with Gasteiger partial charge in [-0.2, -0.15) is 0 Å². The molecular formula is C14H15ClO4. The minimum Gasteiger partial charge on any atom is -0.489 e. The minimum absolute atomic E-state index is 0.131. The Balaban J connectivity index is 2.04. The fraction of sp³-hybridized carbons (Fsp3) is 0.357. The summed E-state index contributed by atoms with van der Waals surface area (Å²) >= 11 is 6.13. The van der Waals surface area contributed by atoms with Gasteiger partial charge in [-0.05, 0) is 23.8 Å². The van der Waals surface area contributed by atoms with Gasteiger partial charge in [0, 0.05) is 18.9 Å². The van der Waals surface area contributed by atoms with E-state index in [1.807, 2.05) is 0 Å². The highest BCUT2D eigenvalue weighted by Gasteiger charge is 2.16. The van der Waals surface area contributed by atoms with Gasteiger partial charge in [-0.3, -0.25) is 0 Å². The van der Waals surface area contributed by atoms with Crippen LogP contribution in [0, 0.1) is 0 Å². The molecule has 0 aliphatic carbocycles. The monoisotopic (exact) mass is 282 g/mol. The third kappa shape index (κ3) is 4.26. The summed E-state index contributed by atoms with van der Waals surface area (Å²) in [6.07, 6.45) is 4.41. The van der Waals surface area contributed by atoms with E-state index in [-0.39, 0.29) is 6.10 Å². The lowest BCUT2D eigenvalue weighted by atomic mass is 10.1. The van der Waals surface area contributed by atoms with Gasteiger partial charge in [0.1, 0.15) is 11.9 Å². The third-order valence-corrected chi connectivity index (χ3v) is 3.13. The zero-order valence-electron chi connectivity index (χ0n) is 10.3. The first-order chi connectivity index (χ1) is 9.15. The molecule has 0 radical (unpaired) electrons. The van der Waals surface area contributed by atoms with E-state index in [2.05, 4.69) is 0 Å². The van der Waals surface area contributed by atoms with Crippen molar-refractivity contribution in [2.24, 2.45) is 0 Å². The summed E-state index contributed by atoms with van der Waals surface area (Å²) in [7, 11) is 0. The minimum atomic E-state index is -0.987. The first-order valence-electron chi connectivity index (χ1n) is 6.10. The van der Waals surface area contributed by atoms with E-state index in [4.69, 9.17) is 26.2 Å². The second-order valence-corrected chi connectivity index (χ2v) is 4.70. The average Bonchev–Trinajstić information content (AvgIpc) is 2.40. The maximum Gasteiger partial charge on any atom is 0.328 e. The number of carbonyl (C=O) groups is 1. The van der Waals surface area contributed by atoms with Gasteiger partial charge in [0.2, 0.25) is 0 Å². The van der Waals surface area contributed by atoms with Gasteiger partial charge < -0.3 is 14.6 Å². The largest absolute Gasteiger partial charge is 0.489 e. The molecule has 102 valence electrons. The summed E-state index contributed by atoms with van der Waals surface area (Å²) in [6, 6.07) is 5.23. The molecule has 1 N–H and O–H groups in total. The standard InChI is InChI=1S/C14H15ClO4/c15-12-9-10(2-4-14(16)17)1-3-13(12)19-11-5-7-18-8-6-11/h1-4,9,11H,5-8H2,(H,16,17)/b4-2+. The van der Waals surface area contributed by atoms with Crippen molar-refractivity contribution in [3.05, 3.63) is 34.9 Å². The van der Waals surface area contributed by atoms with E-state index >= 15 is 0 Å². The fourth-order valence-electron chi connectivity index (χ4n) is 1.86. The van der Waals surface area contributed by atoms with Crippen molar-refractivity contribution >= 4 is 23.6 Å². The molecule has 1 aliphatic heterocycles. The van der Waals surface area contributed by atoms with E-state index in [0.29, 0.717) is 24.0 Å². The molecule has 0 aromatic heterocycles. The van der Waals surface area contributed by atoms with E-state index in [1.165, 1.54) is 6.08 Å². The Morgan fingerprint density at radius 2 is 2.16 bits per heavy atom. The number of carboxylic acid groups (broad SMARTS) is 1. The van der Waals surface area contributed by atoms with Gasteiger partial charge in [-0.15, -0.1) is 0 Å². The zero-order valence-corrected chi connectivity index (χ0v) is 11.1. The molecule has 0 atom stereocenters. The molecule has 1 aromatic rings. The summed E-state index contributed by atoms with van der Waals surface area (Å²) in [5, 5.41) is 9.04. The topological polar surface area (TPSA) is 55.8 Å². The van der Waals surface area contributed by atoms with E-state index in [0.717, 1.165) is 24.5 Å². The van der Waals surface area contributed by atoms with Crippen LogP contribution in [0.3, 0.4) is 0 Å². The lowest BCUT2D eigenvalue weighted by Crippen LogP contribution is -2.25. The second kappa shape index (κ2) is 6.59. The Hall–Kier alpha value is -1.52. The number of halogens is 1. The van der Waals surface area contributed by atoms with Crippen LogP contribution in [0.25, 0.3) is 6.08 Å². The average molecular weight is 283 g/mol. The number of hydrogen-bond donors (Lipinski definition) is 1. The number of hydrogen-bond acceptors (Lipinski definition) is 3. The summed E-state index contributed by atoms with van der Waals surface area (Å²) in [6.45, 7) is 1.42. The van der Waals surface area contributed by atoms with Crippen LogP contribution >= 0.6 is 11.6 Å².